The lowest BCUT2D eigenvalue weighted by atomic mass is 10.1. The van der Waals surface area contributed by atoms with Crippen LogP contribution in [0, 0.1) is 3.95 Å². The zero-order valence-electron chi connectivity index (χ0n) is 14.6. The van der Waals surface area contributed by atoms with E-state index in [1.807, 2.05) is 24.3 Å². The van der Waals surface area contributed by atoms with Crippen LogP contribution >= 0.6 is 23.6 Å². The Balaban J connectivity index is 1.76. The highest BCUT2D eigenvalue weighted by Gasteiger charge is 2.17. The van der Waals surface area contributed by atoms with Crippen LogP contribution in [0.2, 0.25) is 0 Å². The molecule has 1 aliphatic heterocycles. The molecule has 0 spiro atoms. The molecule has 0 atom stereocenters. The summed E-state index contributed by atoms with van der Waals surface area (Å²) in [6.45, 7) is 0. The second-order valence-corrected chi connectivity index (χ2v) is 7.66. The summed E-state index contributed by atoms with van der Waals surface area (Å²) in [5, 5.41) is 19.8. The number of carbonyl (C=O) groups is 1. The highest BCUT2D eigenvalue weighted by Crippen LogP contribution is 2.38. The molecule has 2 heterocycles. The molecule has 0 aliphatic carbocycles. The van der Waals surface area contributed by atoms with Crippen molar-refractivity contribution in [3.8, 4) is 17.3 Å². The van der Waals surface area contributed by atoms with E-state index in [0.717, 1.165) is 22.6 Å². The number of aromatic nitrogens is 1. The average Bonchev–Trinajstić information content (AvgIpc) is 3.22. The normalized spacial score (nSPS) is 13.7. The van der Waals surface area contributed by atoms with Gasteiger partial charge in [-0.25, -0.2) is 4.79 Å². The molecule has 8 heteroatoms. The third-order valence-electron chi connectivity index (χ3n) is 4.33. The molecule has 2 aromatic carbocycles. The first kappa shape index (κ1) is 18.1. The molecule has 0 saturated heterocycles. The molecular formula is C20H14N2O4S2. The fourth-order valence-corrected chi connectivity index (χ4v) is 4.21. The number of hydrogen-bond acceptors (Lipinski definition) is 6. The quantitative estimate of drug-likeness (QED) is 0.596. The van der Waals surface area contributed by atoms with E-state index < -0.39 is 5.97 Å². The SMILES string of the molecule is COc1ccc2c(c1)/C(=C\c1sc(=S)n(-c3ccc(C(=O)O)cc3)c1O)C=N2. The Labute approximate surface area is 169 Å². The molecule has 0 unspecified atom stereocenters. The van der Waals surface area contributed by atoms with Gasteiger partial charge >= 0.3 is 5.97 Å². The van der Waals surface area contributed by atoms with Gasteiger partial charge in [0, 0.05) is 17.4 Å². The van der Waals surface area contributed by atoms with Crippen molar-refractivity contribution < 1.29 is 19.7 Å². The van der Waals surface area contributed by atoms with Gasteiger partial charge in [-0.05, 0) is 60.8 Å². The number of fused-ring (bicyclic) bond motifs is 1. The van der Waals surface area contributed by atoms with Crippen molar-refractivity contribution in [3.63, 3.8) is 0 Å². The number of hydrogen-bond donors (Lipinski definition) is 2. The summed E-state index contributed by atoms with van der Waals surface area (Å²) in [5.41, 5.74) is 3.35. The molecule has 0 amide bonds. The maximum absolute atomic E-state index is 11.0. The molecule has 0 saturated carbocycles. The van der Waals surface area contributed by atoms with Crippen molar-refractivity contribution in [1.29, 1.82) is 0 Å². The first-order valence-corrected chi connectivity index (χ1v) is 9.43. The van der Waals surface area contributed by atoms with Crippen LogP contribution in [0.15, 0.2) is 47.5 Å². The molecule has 3 aromatic rings. The van der Waals surface area contributed by atoms with Crippen molar-refractivity contribution in [2.24, 2.45) is 4.99 Å². The fourth-order valence-electron chi connectivity index (χ4n) is 2.91. The van der Waals surface area contributed by atoms with Gasteiger partial charge in [-0.15, -0.1) is 11.3 Å². The van der Waals surface area contributed by atoms with E-state index in [9.17, 15) is 9.90 Å². The Morgan fingerprint density at radius 2 is 2.00 bits per heavy atom. The Morgan fingerprint density at radius 1 is 1.25 bits per heavy atom. The third kappa shape index (κ3) is 3.12. The molecule has 4 rings (SSSR count). The lowest BCUT2D eigenvalue weighted by Gasteiger charge is -2.06. The van der Waals surface area contributed by atoms with Gasteiger partial charge in [-0.1, -0.05) is 0 Å². The second kappa shape index (κ2) is 7.06. The fraction of sp³-hybridized carbons (Fsp3) is 0.0500. The zero-order chi connectivity index (χ0) is 19.8. The van der Waals surface area contributed by atoms with Gasteiger partial charge < -0.3 is 14.9 Å². The van der Waals surface area contributed by atoms with Crippen molar-refractivity contribution in [1.82, 2.24) is 4.57 Å². The second-order valence-electron chi connectivity index (χ2n) is 5.98. The van der Waals surface area contributed by atoms with Crippen molar-refractivity contribution >= 4 is 53.1 Å². The predicted molar refractivity (Wildman–Crippen MR) is 112 cm³/mol. The summed E-state index contributed by atoms with van der Waals surface area (Å²) >= 11 is 6.67. The first-order chi connectivity index (χ1) is 13.5. The maximum atomic E-state index is 11.0. The average molecular weight is 410 g/mol. The highest BCUT2D eigenvalue weighted by atomic mass is 32.1. The topological polar surface area (TPSA) is 84.0 Å². The minimum atomic E-state index is -1.01. The number of carboxylic acids is 1. The van der Waals surface area contributed by atoms with Crippen LogP contribution in [0.4, 0.5) is 5.69 Å². The number of carboxylic acid groups (broad SMARTS) is 1. The summed E-state index contributed by atoms with van der Waals surface area (Å²) in [7, 11) is 1.61. The van der Waals surface area contributed by atoms with Crippen LogP contribution in [-0.2, 0) is 0 Å². The van der Waals surface area contributed by atoms with Crippen molar-refractivity contribution in [2.75, 3.05) is 7.11 Å². The van der Waals surface area contributed by atoms with E-state index in [1.165, 1.54) is 28.0 Å². The number of rotatable bonds is 4. The molecule has 28 heavy (non-hydrogen) atoms. The van der Waals surface area contributed by atoms with Gasteiger partial charge in [0.25, 0.3) is 0 Å². The minimum Gasteiger partial charge on any atom is -0.497 e. The van der Waals surface area contributed by atoms with E-state index in [-0.39, 0.29) is 11.4 Å². The molecule has 1 aromatic heterocycles. The number of nitrogens with zero attached hydrogens (tertiary/aromatic N) is 2. The van der Waals surface area contributed by atoms with Crippen molar-refractivity contribution in [3.05, 3.63) is 62.4 Å². The molecule has 1 aliphatic rings. The molecular weight excluding hydrogens is 396 g/mol. The smallest absolute Gasteiger partial charge is 0.335 e. The summed E-state index contributed by atoms with van der Waals surface area (Å²) in [6.07, 6.45) is 3.56. The predicted octanol–water partition coefficient (Wildman–Crippen LogP) is 4.94. The van der Waals surface area contributed by atoms with Gasteiger partial charge in [0.1, 0.15) is 5.75 Å². The van der Waals surface area contributed by atoms with Crippen LogP contribution in [0.3, 0.4) is 0 Å². The Kier molecular flexibility index (Phi) is 4.58. The first-order valence-electron chi connectivity index (χ1n) is 8.20. The Hall–Kier alpha value is -3.23. The summed E-state index contributed by atoms with van der Waals surface area (Å²) in [6, 6.07) is 11.8. The number of aromatic carboxylic acids is 1. The summed E-state index contributed by atoms with van der Waals surface area (Å²) in [5.74, 6) is -0.289. The maximum Gasteiger partial charge on any atom is 0.335 e. The summed E-state index contributed by atoms with van der Waals surface area (Å²) in [4.78, 5) is 16.0. The zero-order valence-corrected chi connectivity index (χ0v) is 16.3. The monoisotopic (exact) mass is 410 g/mol. The van der Waals surface area contributed by atoms with Gasteiger partial charge in [-0.2, -0.15) is 0 Å². The Bertz CT molecular complexity index is 1200. The van der Waals surface area contributed by atoms with Crippen LogP contribution < -0.4 is 4.74 Å². The van der Waals surface area contributed by atoms with Crippen LogP contribution in [0.25, 0.3) is 17.3 Å². The van der Waals surface area contributed by atoms with E-state index in [1.54, 1.807) is 25.5 Å². The van der Waals surface area contributed by atoms with Gasteiger partial charge in [0.2, 0.25) is 5.88 Å². The van der Waals surface area contributed by atoms with Crippen LogP contribution in [-0.4, -0.2) is 34.1 Å². The standard InChI is InChI=1S/C20H14N2O4S2/c1-26-14-6-7-16-15(9-14)12(10-21-16)8-17-18(23)22(20(27)28-17)13-4-2-11(3-5-13)19(24)25/h2-10,23H,1H3,(H,24,25)/b12-8-. The largest absolute Gasteiger partial charge is 0.497 e. The lowest BCUT2D eigenvalue weighted by molar-refractivity contribution is 0.0697. The number of aliphatic imine (C=N–C) groups is 1. The van der Waals surface area contributed by atoms with Crippen LogP contribution in [0.5, 0.6) is 11.6 Å². The number of aromatic hydroxyl groups is 1. The van der Waals surface area contributed by atoms with Crippen molar-refractivity contribution in [2.45, 2.75) is 0 Å². The Morgan fingerprint density at radius 3 is 2.68 bits per heavy atom. The molecule has 0 fully saturated rings. The lowest BCUT2D eigenvalue weighted by Crippen LogP contribution is -1.98. The molecule has 0 radical (unpaired) electrons. The number of thiazole rings is 1. The third-order valence-corrected chi connectivity index (χ3v) is 5.64. The van der Waals surface area contributed by atoms with Gasteiger partial charge in [0.15, 0.2) is 3.95 Å². The molecule has 6 nitrogen and oxygen atoms in total. The summed E-state index contributed by atoms with van der Waals surface area (Å²) < 4.78 is 7.24. The number of benzene rings is 2. The van der Waals surface area contributed by atoms with E-state index in [0.29, 0.717) is 14.5 Å². The van der Waals surface area contributed by atoms with E-state index in [4.69, 9.17) is 22.1 Å². The molecule has 140 valence electrons. The van der Waals surface area contributed by atoms with E-state index in [2.05, 4.69) is 4.99 Å². The van der Waals surface area contributed by atoms with Crippen LogP contribution in [0.1, 0.15) is 20.8 Å². The molecule has 0 bridgehead atoms. The van der Waals surface area contributed by atoms with Gasteiger partial charge in [0.05, 0.1) is 28.9 Å². The number of allylic oxidation sites excluding steroid dienone is 1. The van der Waals surface area contributed by atoms with Gasteiger partial charge in [-0.3, -0.25) is 9.56 Å². The number of methoxy groups -OCH3 is 1. The number of ether oxygens (including phenoxy) is 1. The highest BCUT2D eigenvalue weighted by molar-refractivity contribution is 7.73. The molecule has 2 N–H and O–H groups in total. The minimum absolute atomic E-state index is 0.00433. The van der Waals surface area contributed by atoms with E-state index >= 15 is 0 Å².